The van der Waals surface area contributed by atoms with Gasteiger partial charge in [0.2, 0.25) is 11.8 Å². The summed E-state index contributed by atoms with van der Waals surface area (Å²) in [5, 5.41) is 13.7. The van der Waals surface area contributed by atoms with Gasteiger partial charge < -0.3 is 10.2 Å². The number of amides is 2. The van der Waals surface area contributed by atoms with Gasteiger partial charge in [0, 0.05) is 35.2 Å². The molecule has 0 radical (unpaired) electrons. The summed E-state index contributed by atoms with van der Waals surface area (Å²) in [7, 11) is 0. The van der Waals surface area contributed by atoms with Crippen LogP contribution in [0.4, 0.5) is 5.69 Å². The highest BCUT2D eigenvalue weighted by molar-refractivity contribution is 6.32. The third-order valence-corrected chi connectivity index (χ3v) is 6.19. The van der Waals surface area contributed by atoms with Crippen LogP contribution >= 0.6 is 23.2 Å². The molecule has 5 nitrogen and oxygen atoms in total. The molecular weight excluding hydrogens is 433 g/mol. The van der Waals surface area contributed by atoms with Gasteiger partial charge in [-0.05, 0) is 48.2 Å². The lowest BCUT2D eigenvalue weighted by molar-refractivity contribution is -0.128. The molecule has 0 saturated carbocycles. The summed E-state index contributed by atoms with van der Waals surface area (Å²) in [4.78, 5) is 26.7. The van der Waals surface area contributed by atoms with E-state index in [1.54, 1.807) is 35.2 Å². The van der Waals surface area contributed by atoms with E-state index in [-0.39, 0.29) is 24.2 Å². The Kier molecular flexibility index (Phi) is 7.59. The van der Waals surface area contributed by atoms with Gasteiger partial charge in [0.15, 0.2) is 0 Å². The van der Waals surface area contributed by atoms with E-state index in [9.17, 15) is 14.9 Å². The molecule has 1 N–H and O–H groups in total. The number of hydrogen-bond acceptors (Lipinski definition) is 3. The predicted molar refractivity (Wildman–Crippen MR) is 123 cm³/mol. The maximum Gasteiger partial charge on any atom is 0.229 e. The standard InChI is InChI=1S/C24H25Cl2N3O2/c1-3-4-9-29-14-17(11-23(29)30)24(31)28-22-12-21(26)19(10-15(22)2)20(13-27)16-5-7-18(25)8-6-16/h5-8,10,12,17,20H,3-4,9,11,14H2,1-2H3,(H,28,31). The maximum absolute atomic E-state index is 12.8. The van der Waals surface area contributed by atoms with Gasteiger partial charge in [-0.1, -0.05) is 54.7 Å². The Morgan fingerprint density at radius 3 is 2.65 bits per heavy atom. The third kappa shape index (κ3) is 5.39. The smallest absolute Gasteiger partial charge is 0.229 e. The Labute approximate surface area is 192 Å². The third-order valence-electron chi connectivity index (χ3n) is 5.61. The second-order valence-corrected chi connectivity index (χ2v) is 8.73. The van der Waals surface area contributed by atoms with Crippen LogP contribution in [0.25, 0.3) is 0 Å². The molecule has 2 aromatic rings. The van der Waals surface area contributed by atoms with Gasteiger partial charge in [-0.3, -0.25) is 9.59 Å². The largest absolute Gasteiger partial charge is 0.342 e. The van der Waals surface area contributed by atoms with E-state index >= 15 is 0 Å². The Hall–Kier alpha value is -2.55. The zero-order chi connectivity index (χ0) is 22.5. The van der Waals surface area contributed by atoms with Crippen LogP contribution in [0, 0.1) is 24.2 Å². The van der Waals surface area contributed by atoms with Gasteiger partial charge in [0.25, 0.3) is 0 Å². The number of carbonyl (C=O) groups excluding carboxylic acids is 2. The van der Waals surface area contributed by atoms with Crippen LogP contribution in [0.3, 0.4) is 0 Å². The molecule has 31 heavy (non-hydrogen) atoms. The minimum atomic E-state index is -0.548. The lowest BCUT2D eigenvalue weighted by Crippen LogP contribution is -2.29. The highest BCUT2D eigenvalue weighted by atomic mass is 35.5. The van der Waals surface area contributed by atoms with E-state index in [0.717, 1.165) is 24.0 Å². The van der Waals surface area contributed by atoms with Gasteiger partial charge in [0.05, 0.1) is 17.9 Å². The van der Waals surface area contributed by atoms with Crippen molar-refractivity contribution in [2.75, 3.05) is 18.4 Å². The van der Waals surface area contributed by atoms with Crippen molar-refractivity contribution in [2.24, 2.45) is 5.92 Å². The molecule has 0 aliphatic carbocycles. The first kappa shape index (κ1) is 23.1. The summed E-state index contributed by atoms with van der Waals surface area (Å²) in [5.41, 5.74) is 2.85. The van der Waals surface area contributed by atoms with E-state index in [1.807, 2.05) is 13.0 Å². The number of likely N-dealkylation sites (tertiary alicyclic amines) is 1. The first-order valence-electron chi connectivity index (χ1n) is 10.4. The summed E-state index contributed by atoms with van der Waals surface area (Å²) in [6, 6.07) is 12.9. The minimum Gasteiger partial charge on any atom is -0.342 e. The fourth-order valence-corrected chi connectivity index (χ4v) is 4.19. The van der Waals surface area contributed by atoms with Crippen molar-refractivity contribution in [1.82, 2.24) is 4.90 Å². The maximum atomic E-state index is 12.8. The van der Waals surface area contributed by atoms with Gasteiger partial charge in [0.1, 0.15) is 0 Å². The van der Waals surface area contributed by atoms with Gasteiger partial charge >= 0.3 is 0 Å². The van der Waals surface area contributed by atoms with E-state index in [4.69, 9.17) is 23.2 Å². The lowest BCUT2D eigenvalue weighted by atomic mass is 9.91. The second kappa shape index (κ2) is 10.2. The van der Waals surface area contributed by atoms with Gasteiger partial charge in [-0.2, -0.15) is 5.26 Å². The van der Waals surface area contributed by atoms with Crippen LogP contribution in [0.1, 0.15) is 48.8 Å². The molecule has 1 aliphatic heterocycles. The molecule has 162 valence electrons. The van der Waals surface area contributed by atoms with E-state index in [1.165, 1.54) is 0 Å². The van der Waals surface area contributed by atoms with Gasteiger partial charge in [-0.25, -0.2) is 0 Å². The molecule has 1 aliphatic rings. The summed E-state index contributed by atoms with van der Waals surface area (Å²) in [6.45, 7) is 5.07. The van der Waals surface area contributed by atoms with E-state index < -0.39 is 5.92 Å². The molecule has 0 bridgehead atoms. The van der Waals surface area contributed by atoms with Crippen molar-refractivity contribution in [3.8, 4) is 6.07 Å². The number of rotatable bonds is 7. The minimum absolute atomic E-state index is 0.0264. The zero-order valence-electron chi connectivity index (χ0n) is 17.6. The molecule has 2 atom stereocenters. The van der Waals surface area contributed by atoms with Crippen LogP contribution in [0.15, 0.2) is 36.4 Å². The first-order chi connectivity index (χ1) is 14.8. The number of nitrogens with one attached hydrogen (secondary N) is 1. The molecule has 2 amide bonds. The molecule has 0 spiro atoms. The molecule has 1 fully saturated rings. The topological polar surface area (TPSA) is 73.2 Å². The summed E-state index contributed by atoms with van der Waals surface area (Å²) >= 11 is 12.5. The number of aryl methyl sites for hydroxylation is 1. The summed E-state index contributed by atoms with van der Waals surface area (Å²) in [6.07, 6.45) is 2.17. The Morgan fingerprint density at radius 2 is 2.00 bits per heavy atom. The fraction of sp³-hybridized carbons (Fsp3) is 0.375. The van der Waals surface area contributed by atoms with Crippen LogP contribution in [-0.2, 0) is 9.59 Å². The monoisotopic (exact) mass is 457 g/mol. The van der Waals surface area contributed by atoms with Gasteiger partial charge in [-0.15, -0.1) is 0 Å². The molecule has 1 saturated heterocycles. The summed E-state index contributed by atoms with van der Waals surface area (Å²) < 4.78 is 0. The van der Waals surface area contributed by atoms with Crippen molar-refractivity contribution in [3.05, 3.63) is 63.1 Å². The Bertz CT molecular complexity index is 1010. The molecule has 3 rings (SSSR count). The van der Waals surface area contributed by atoms with Crippen molar-refractivity contribution >= 4 is 40.7 Å². The van der Waals surface area contributed by atoms with Crippen molar-refractivity contribution < 1.29 is 9.59 Å². The predicted octanol–water partition coefficient (Wildman–Crippen LogP) is 5.54. The molecule has 2 unspecified atom stereocenters. The van der Waals surface area contributed by atoms with Crippen LogP contribution < -0.4 is 5.32 Å². The van der Waals surface area contributed by atoms with Crippen LogP contribution in [0.2, 0.25) is 10.0 Å². The molecule has 2 aromatic carbocycles. The number of carbonyl (C=O) groups is 2. The lowest BCUT2D eigenvalue weighted by Gasteiger charge is -2.18. The number of unbranched alkanes of at least 4 members (excludes halogenated alkanes) is 1. The molecular formula is C24H25Cl2N3O2. The fourth-order valence-electron chi connectivity index (χ4n) is 3.79. The second-order valence-electron chi connectivity index (χ2n) is 7.89. The SMILES string of the molecule is CCCCN1CC(C(=O)Nc2cc(Cl)c(C(C#N)c3ccc(Cl)cc3)cc2C)CC1=O. The highest BCUT2D eigenvalue weighted by Crippen LogP contribution is 2.34. The number of anilines is 1. The van der Waals surface area contributed by atoms with Crippen molar-refractivity contribution in [3.63, 3.8) is 0 Å². The number of halogens is 2. The first-order valence-corrected chi connectivity index (χ1v) is 11.1. The Balaban J connectivity index is 1.76. The molecule has 1 heterocycles. The van der Waals surface area contributed by atoms with Crippen LogP contribution in [0.5, 0.6) is 0 Å². The van der Waals surface area contributed by atoms with E-state index in [0.29, 0.717) is 34.4 Å². The molecule has 0 aromatic heterocycles. The average Bonchev–Trinajstić information content (AvgIpc) is 3.12. The quantitative estimate of drug-likeness (QED) is 0.592. The van der Waals surface area contributed by atoms with Crippen molar-refractivity contribution in [2.45, 2.75) is 39.0 Å². The van der Waals surface area contributed by atoms with Crippen molar-refractivity contribution in [1.29, 1.82) is 5.26 Å². The Morgan fingerprint density at radius 1 is 1.29 bits per heavy atom. The summed E-state index contributed by atoms with van der Waals surface area (Å²) in [5.74, 6) is -1.08. The number of nitriles is 1. The average molecular weight is 458 g/mol. The number of hydrogen-bond donors (Lipinski definition) is 1. The normalized spacial score (nSPS) is 16.8. The number of nitrogens with zero attached hydrogens (tertiary/aromatic N) is 2. The van der Waals surface area contributed by atoms with E-state index in [2.05, 4.69) is 18.3 Å². The number of benzene rings is 2. The molecule has 7 heteroatoms. The van der Waals surface area contributed by atoms with Crippen LogP contribution in [-0.4, -0.2) is 29.8 Å². The zero-order valence-corrected chi connectivity index (χ0v) is 19.1. The highest BCUT2D eigenvalue weighted by Gasteiger charge is 2.34.